The number of benzene rings is 2. The zero-order chi connectivity index (χ0) is 19.2. The van der Waals surface area contributed by atoms with E-state index in [1.54, 1.807) is 12.1 Å². The Bertz CT molecular complexity index is 717. The van der Waals surface area contributed by atoms with Gasteiger partial charge in [-0.25, -0.2) is 0 Å². The van der Waals surface area contributed by atoms with E-state index in [0.717, 1.165) is 5.56 Å². The molecule has 5 nitrogen and oxygen atoms in total. The van der Waals surface area contributed by atoms with E-state index in [0.29, 0.717) is 17.9 Å². The highest BCUT2D eigenvalue weighted by Crippen LogP contribution is 2.21. The number of rotatable bonds is 7. The molecule has 0 aliphatic rings. The molecule has 1 unspecified atom stereocenters. The van der Waals surface area contributed by atoms with Gasteiger partial charge in [-0.3, -0.25) is 4.79 Å². The number of aliphatic hydroxyl groups excluding tert-OH is 1. The molecule has 0 heterocycles. The van der Waals surface area contributed by atoms with Crippen molar-refractivity contribution in [3.63, 3.8) is 0 Å². The molecular weight excluding hydrogens is 364 g/mol. The van der Waals surface area contributed by atoms with E-state index >= 15 is 0 Å². The molecule has 0 saturated carbocycles. The Hall–Kier alpha value is -2.08. The van der Waals surface area contributed by atoms with Crippen LogP contribution in [0.4, 0.5) is 0 Å². The van der Waals surface area contributed by atoms with Gasteiger partial charge in [0.05, 0.1) is 12.1 Å². The third kappa shape index (κ3) is 7.21. The summed E-state index contributed by atoms with van der Waals surface area (Å²) in [5, 5.41) is 13.1. The van der Waals surface area contributed by atoms with Gasteiger partial charge in [-0.1, -0.05) is 63.2 Å². The number of carbonyl (C=O) groups excluding carboxylic acids is 1. The molecule has 148 valence electrons. The number of halogens is 1. The maximum Gasteiger partial charge on any atom is 0.237 e. The first kappa shape index (κ1) is 23.0. The van der Waals surface area contributed by atoms with Gasteiger partial charge in [-0.2, -0.15) is 0 Å². The van der Waals surface area contributed by atoms with Crippen molar-refractivity contribution in [2.24, 2.45) is 11.1 Å². The van der Waals surface area contributed by atoms with Gasteiger partial charge in [0.15, 0.2) is 0 Å². The van der Waals surface area contributed by atoms with Gasteiger partial charge in [0.2, 0.25) is 5.91 Å². The van der Waals surface area contributed by atoms with Gasteiger partial charge in [-0.15, -0.1) is 12.4 Å². The van der Waals surface area contributed by atoms with Crippen LogP contribution in [-0.4, -0.2) is 23.6 Å². The maximum atomic E-state index is 12.1. The molecule has 0 aliphatic heterocycles. The molecule has 1 amide bonds. The van der Waals surface area contributed by atoms with E-state index in [4.69, 9.17) is 10.5 Å². The van der Waals surface area contributed by atoms with Gasteiger partial charge in [0.1, 0.15) is 12.4 Å². The van der Waals surface area contributed by atoms with Gasteiger partial charge in [0.25, 0.3) is 0 Å². The van der Waals surface area contributed by atoms with Gasteiger partial charge in [0, 0.05) is 6.54 Å². The van der Waals surface area contributed by atoms with Crippen LogP contribution in [0.2, 0.25) is 0 Å². The fraction of sp³-hybridized carbons (Fsp3) is 0.381. The van der Waals surface area contributed by atoms with E-state index in [1.165, 1.54) is 0 Å². The number of carbonyl (C=O) groups is 1. The van der Waals surface area contributed by atoms with Crippen LogP contribution >= 0.6 is 12.4 Å². The SMILES string of the molecule is CC(C)(C)[C@H](N)C(=O)NCC(O)c1cccc(OCc2ccccc2)c1.Cl. The highest BCUT2D eigenvalue weighted by Gasteiger charge is 2.27. The topological polar surface area (TPSA) is 84.6 Å². The van der Waals surface area contributed by atoms with Crippen molar-refractivity contribution in [2.75, 3.05) is 6.54 Å². The Labute approximate surface area is 167 Å². The van der Waals surface area contributed by atoms with Crippen molar-refractivity contribution in [1.29, 1.82) is 0 Å². The largest absolute Gasteiger partial charge is 0.489 e. The second-order valence-corrected chi connectivity index (χ2v) is 7.45. The zero-order valence-corrected chi connectivity index (χ0v) is 16.8. The summed E-state index contributed by atoms with van der Waals surface area (Å²) in [5.41, 5.74) is 7.34. The second kappa shape index (κ2) is 10.3. The van der Waals surface area contributed by atoms with Crippen LogP contribution in [0.1, 0.15) is 38.0 Å². The molecule has 4 N–H and O–H groups in total. The first-order chi connectivity index (χ1) is 12.3. The number of aliphatic hydroxyl groups is 1. The van der Waals surface area contributed by atoms with Crippen LogP contribution < -0.4 is 15.8 Å². The molecule has 2 aromatic carbocycles. The average Bonchev–Trinajstić information content (AvgIpc) is 2.64. The lowest BCUT2D eigenvalue weighted by atomic mass is 9.87. The van der Waals surface area contributed by atoms with Gasteiger partial charge >= 0.3 is 0 Å². The molecular formula is C21H29ClN2O3. The lowest BCUT2D eigenvalue weighted by Crippen LogP contribution is -2.49. The van der Waals surface area contributed by atoms with E-state index in [1.807, 2.05) is 63.2 Å². The van der Waals surface area contributed by atoms with Crippen molar-refractivity contribution in [2.45, 2.75) is 39.5 Å². The lowest BCUT2D eigenvalue weighted by molar-refractivity contribution is -0.125. The highest BCUT2D eigenvalue weighted by molar-refractivity contribution is 5.85. The number of nitrogens with two attached hydrogens (primary N) is 1. The van der Waals surface area contributed by atoms with E-state index in [-0.39, 0.29) is 30.3 Å². The van der Waals surface area contributed by atoms with Crippen LogP contribution in [0.25, 0.3) is 0 Å². The first-order valence-electron chi connectivity index (χ1n) is 8.75. The Balaban J connectivity index is 0.00000364. The third-order valence-electron chi connectivity index (χ3n) is 4.18. The zero-order valence-electron chi connectivity index (χ0n) is 16.0. The minimum atomic E-state index is -0.827. The minimum Gasteiger partial charge on any atom is -0.489 e. The summed E-state index contributed by atoms with van der Waals surface area (Å²) in [5.74, 6) is 0.399. The average molecular weight is 393 g/mol. The van der Waals surface area contributed by atoms with Crippen molar-refractivity contribution in [1.82, 2.24) is 5.32 Å². The minimum absolute atomic E-state index is 0. The number of amides is 1. The maximum absolute atomic E-state index is 12.1. The molecule has 0 saturated heterocycles. The first-order valence-corrected chi connectivity index (χ1v) is 8.75. The molecule has 0 bridgehead atoms. The summed E-state index contributed by atoms with van der Waals surface area (Å²) in [6.07, 6.45) is -0.827. The van der Waals surface area contributed by atoms with Crippen LogP contribution in [0.5, 0.6) is 5.75 Å². The predicted octanol–water partition coefficient (Wildman–Crippen LogP) is 3.21. The summed E-state index contributed by atoms with van der Waals surface area (Å²) >= 11 is 0. The van der Waals surface area contributed by atoms with Crippen LogP contribution in [0.3, 0.4) is 0 Å². The number of ether oxygens (including phenoxy) is 1. The van der Waals surface area contributed by atoms with Crippen molar-refractivity contribution >= 4 is 18.3 Å². The molecule has 2 rings (SSSR count). The van der Waals surface area contributed by atoms with E-state index in [2.05, 4.69) is 5.32 Å². The predicted molar refractivity (Wildman–Crippen MR) is 110 cm³/mol. The van der Waals surface area contributed by atoms with E-state index < -0.39 is 12.1 Å². The number of hydrogen-bond donors (Lipinski definition) is 3. The van der Waals surface area contributed by atoms with E-state index in [9.17, 15) is 9.90 Å². The fourth-order valence-electron chi connectivity index (χ4n) is 2.37. The summed E-state index contributed by atoms with van der Waals surface area (Å²) in [6, 6.07) is 16.5. The quantitative estimate of drug-likeness (QED) is 0.675. The molecule has 27 heavy (non-hydrogen) atoms. The van der Waals surface area contributed by atoms with Crippen molar-refractivity contribution < 1.29 is 14.6 Å². The van der Waals surface area contributed by atoms with Crippen LogP contribution in [-0.2, 0) is 11.4 Å². The normalized spacial score (nSPS) is 13.2. The summed E-state index contributed by atoms with van der Waals surface area (Å²) in [4.78, 5) is 12.1. The number of nitrogens with one attached hydrogen (secondary N) is 1. The van der Waals surface area contributed by atoms with Crippen molar-refractivity contribution in [3.8, 4) is 5.75 Å². The molecule has 6 heteroatoms. The Morgan fingerprint density at radius 3 is 2.44 bits per heavy atom. The van der Waals surface area contributed by atoms with Crippen LogP contribution in [0, 0.1) is 5.41 Å². The smallest absolute Gasteiger partial charge is 0.237 e. The van der Waals surface area contributed by atoms with Gasteiger partial charge in [-0.05, 0) is 28.7 Å². The van der Waals surface area contributed by atoms with Gasteiger partial charge < -0.3 is 20.9 Å². The second-order valence-electron chi connectivity index (χ2n) is 7.45. The Morgan fingerprint density at radius 1 is 1.15 bits per heavy atom. The summed E-state index contributed by atoms with van der Waals surface area (Å²) in [6.45, 7) is 6.27. The summed E-state index contributed by atoms with van der Waals surface area (Å²) in [7, 11) is 0. The Morgan fingerprint density at radius 2 is 1.81 bits per heavy atom. The number of hydrogen-bond acceptors (Lipinski definition) is 4. The van der Waals surface area contributed by atoms with Crippen LogP contribution in [0.15, 0.2) is 54.6 Å². The van der Waals surface area contributed by atoms with Crippen molar-refractivity contribution in [3.05, 3.63) is 65.7 Å². The summed E-state index contributed by atoms with van der Waals surface area (Å²) < 4.78 is 5.77. The molecule has 0 spiro atoms. The highest BCUT2D eigenvalue weighted by atomic mass is 35.5. The molecule has 0 aromatic heterocycles. The Kier molecular flexibility index (Phi) is 8.76. The molecule has 0 radical (unpaired) electrons. The third-order valence-corrected chi connectivity index (χ3v) is 4.18. The standard InChI is InChI=1S/C21H28N2O3.ClH/c1-21(2,3)19(22)20(25)23-13-18(24)16-10-7-11-17(12-16)26-14-15-8-5-4-6-9-15;/h4-12,18-19,24H,13-14,22H2,1-3H3,(H,23,25);1H/t18?,19-;/m1./s1. The molecule has 2 atom stereocenters. The molecule has 0 fully saturated rings. The molecule has 2 aromatic rings. The monoisotopic (exact) mass is 392 g/mol. The lowest BCUT2D eigenvalue weighted by Gasteiger charge is -2.26. The molecule has 0 aliphatic carbocycles. The fourth-order valence-corrected chi connectivity index (χ4v) is 2.37.